The lowest BCUT2D eigenvalue weighted by atomic mass is 10.1. The Bertz CT molecular complexity index is 968. The van der Waals surface area contributed by atoms with E-state index in [-0.39, 0.29) is 17.1 Å². The van der Waals surface area contributed by atoms with Gasteiger partial charge in [0.15, 0.2) is 11.5 Å². The average Bonchev–Trinajstić information content (AvgIpc) is 3.19. The summed E-state index contributed by atoms with van der Waals surface area (Å²) < 4.78 is 16.3. The van der Waals surface area contributed by atoms with Gasteiger partial charge in [0.1, 0.15) is 11.3 Å². The van der Waals surface area contributed by atoms with Gasteiger partial charge in [-0.15, -0.1) is 0 Å². The molecule has 1 aromatic heterocycles. The molecule has 1 N–H and O–H groups in total. The van der Waals surface area contributed by atoms with E-state index in [2.05, 4.69) is 5.32 Å². The third-order valence-electron chi connectivity index (χ3n) is 4.04. The van der Waals surface area contributed by atoms with E-state index in [1.807, 2.05) is 13.8 Å². The van der Waals surface area contributed by atoms with Crippen LogP contribution < -0.4 is 14.8 Å². The van der Waals surface area contributed by atoms with Crippen LogP contribution in [0.25, 0.3) is 6.08 Å². The number of hydrogen-bond acceptors (Lipinski definition) is 6. The van der Waals surface area contributed by atoms with Gasteiger partial charge in [-0.3, -0.25) is 19.8 Å². The van der Waals surface area contributed by atoms with Crippen LogP contribution in [0.5, 0.6) is 11.5 Å². The third kappa shape index (κ3) is 4.43. The van der Waals surface area contributed by atoms with Gasteiger partial charge in [-0.2, -0.15) is 0 Å². The number of nitrogens with zero attached hydrogens (tertiary/aromatic N) is 1. The first-order chi connectivity index (χ1) is 13.9. The summed E-state index contributed by atoms with van der Waals surface area (Å²) in [5, 5.41) is 2.42. The van der Waals surface area contributed by atoms with Crippen LogP contribution in [0.4, 0.5) is 4.79 Å². The third-order valence-corrected chi connectivity index (χ3v) is 4.37. The Morgan fingerprint density at radius 1 is 1.14 bits per heavy atom. The van der Waals surface area contributed by atoms with E-state index in [0.717, 1.165) is 4.90 Å². The number of halogens is 1. The van der Waals surface area contributed by atoms with E-state index in [0.29, 0.717) is 36.0 Å². The van der Waals surface area contributed by atoms with Crippen molar-refractivity contribution in [3.05, 3.63) is 52.4 Å². The zero-order valence-electron chi connectivity index (χ0n) is 15.9. The lowest BCUT2D eigenvalue weighted by Gasteiger charge is -2.25. The molecule has 1 saturated heterocycles. The summed E-state index contributed by atoms with van der Waals surface area (Å²) in [5.41, 5.74) is 0.147. The molecule has 1 aliphatic rings. The first kappa shape index (κ1) is 20.5. The SMILES string of the molecule is CCOc1cc(Cl)c(/C=C2\C(=O)NC(=O)N(Cc3ccco3)C2=O)cc1OCC. The van der Waals surface area contributed by atoms with E-state index in [9.17, 15) is 14.4 Å². The van der Waals surface area contributed by atoms with E-state index in [4.69, 9.17) is 25.5 Å². The van der Waals surface area contributed by atoms with Crippen molar-refractivity contribution in [2.75, 3.05) is 13.2 Å². The molecule has 1 fully saturated rings. The van der Waals surface area contributed by atoms with Crippen molar-refractivity contribution in [2.45, 2.75) is 20.4 Å². The first-order valence-corrected chi connectivity index (χ1v) is 9.32. The summed E-state index contributed by atoms with van der Waals surface area (Å²) in [6.45, 7) is 4.35. The van der Waals surface area contributed by atoms with Crippen LogP contribution in [-0.2, 0) is 16.1 Å². The number of furan rings is 1. The molecule has 1 aliphatic heterocycles. The minimum absolute atomic E-state index is 0.108. The molecule has 0 spiro atoms. The predicted molar refractivity (Wildman–Crippen MR) is 105 cm³/mol. The van der Waals surface area contributed by atoms with Crippen molar-refractivity contribution in [2.24, 2.45) is 0 Å². The molecular weight excluding hydrogens is 400 g/mol. The van der Waals surface area contributed by atoms with Crippen LogP contribution in [-0.4, -0.2) is 36.0 Å². The molecule has 3 rings (SSSR count). The summed E-state index contributed by atoms with van der Waals surface area (Å²) in [5.74, 6) is -0.273. The topological polar surface area (TPSA) is 98.1 Å². The van der Waals surface area contributed by atoms with Crippen molar-refractivity contribution in [1.29, 1.82) is 0 Å². The van der Waals surface area contributed by atoms with Gasteiger partial charge in [0.05, 0.1) is 31.0 Å². The number of ether oxygens (including phenoxy) is 2. The number of hydrogen-bond donors (Lipinski definition) is 1. The number of imide groups is 2. The number of rotatable bonds is 7. The number of barbiturate groups is 1. The Morgan fingerprint density at radius 3 is 2.45 bits per heavy atom. The minimum atomic E-state index is -0.818. The molecule has 0 unspecified atom stereocenters. The van der Waals surface area contributed by atoms with Crippen LogP contribution in [0.15, 0.2) is 40.5 Å². The number of carbonyl (C=O) groups excluding carboxylic acids is 3. The van der Waals surface area contributed by atoms with Gasteiger partial charge in [-0.05, 0) is 43.7 Å². The number of carbonyl (C=O) groups is 3. The Kier molecular flexibility index (Phi) is 6.23. The fraction of sp³-hybridized carbons (Fsp3) is 0.250. The molecule has 0 atom stereocenters. The quantitative estimate of drug-likeness (QED) is 0.546. The standard InChI is InChI=1S/C20H19ClN2O6/c1-3-27-16-9-12(15(21)10-17(16)28-4-2)8-14-18(24)22-20(26)23(19(14)25)11-13-6-5-7-29-13/h5-10H,3-4,11H2,1-2H3,(H,22,24,26)/b14-8+. The second kappa shape index (κ2) is 8.83. The smallest absolute Gasteiger partial charge is 0.331 e. The Labute approximate surface area is 172 Å². The van der Waals surface area contributed by atoms with Crippen molar-refractivity contribution < 1.29 is 28.3 Å². The fourth-order valence-electron chi connectivity index (χ4n) is 2.75. The van der Waals surface area contributed by atoms with Gasteiger partial charge in [-0.25, -0.2) is 4.79 Å². The van der Waals surface area contributed by atoms with Crippen LogP contribution in [0.2, 0.25) is 5.02 Å². The Hall–Kier alpha value is -3.26. The molecule has 0 radical (unpaired) electrons. The summed E-state index contributed by atoms with van der Waals surface area (Å²) >= 11 is 6.31. The first-order valence-electron chi connectivity index (χ1n) is 8.95. The van der Waals surface area contributed by atoms with Crippen molar-refractivity contribution >= 4 is 35.5 Å². The van der Waals surface area contributed by atoms with Crippen LogP contribution in [0.1, 0.15) is 25.2 Å². The highest BCUT2D eigenvalue weighted by Gasteiger charge is 2.36. The van der Waals surface area contributed by atoms with Crippen LogP contribution >= 0.6 is 11.6 Å². The molecule has 9 heteroatoms. The van der Waals surface area contributed by atoms with Crippen LogP contribution in [0, 0.1) is 0 Å². The number of urea groups is 1. The molecular formula is C20H19ClN2O6. The normalized spacial score (nSPS) is 15.6. The second-order valence-electron chi connectivity index (χ2n) is 5.97. The van der Waals surface area contributed by atoms with Gasteiger partial charge in [0.25, 0.3) is 11.8 Å². The highest BCUT2D eigenvalue weighted by molar-refractivity contribution is 6.34. The number of amides is 4. The van der Waals surface area contributed by atoms with E-state index >= 15 is 0 Å². The predicted octanol–water partition coefficient (Wildman–Crippen LogP) is 3.39. The summed E-state index contributed by atoms with van der Waals surface area (Å²) in [6, 6.07) is 5.58. The minimum Gasteiger partial charge on any atom is -0.490 e. The highest BCUT2D eigenvalue weighted by atomic mass is 35.5. The van der Waals surface area contributed by atoms with Gasteiger partial charge in [-0.1, -0.05) is 11.6 Å². The molecule has 152 valence electrons. The van der Waals surface area contributed by atoms with Gasteiger partial charge < -0.3 is 13.9 Å². The maximum Gasteiger partial charge on any atom is 0.331 e. The second-order valence-corrected chi connectivity index (χ2v) is 6.38. The summed E-state index contributed by atoms with van der Waals surface area (Å²) in [6.07, 6.45) is 2.75. The number of nitrogens with one attached hydrogen (secondary N) is 1. The lowest BCUT2D eigenvalue weighted by molar-refractivity contribution is -0.130. The zero-order valence-corrected chi connectivity index (χ0v) is 16.6. The molecule has 0 saturated carbocycles. The van der Waals surface area contributed by atoms with E-state index in [1.54, 1.807) is 24.3 Å². The lowest BCUT2D eigenvalue weighted by Crippen LogP contribution is -2.53. The van der Waals surface area contributed by atoms with Gasteiger partial charge in [0, 0.05) is 6.07 Å². The van der Waals surface area contributed by atoms with E-state index < -0.39 is 17.8 Å². The molecule has 4 amide bonds. The Balaban J connectivity index is 1.97. The summed E-state index contributed by atoms with van der Waals surface area (Å²) in [7, 11) is 0. The maximum absolute atomic E-state index is 12.8. The molecule has 8 nitrogen and oxygen atoms in total. The number of benzene rings is 1. The largest absolute Gasteiger partial charge is 0.490 e. The molecule has 0 bridgehead atoms. The van der Waals surface area contributed by atoms with Crippen molar-refractivity contribution in [3.8, 4) is 11.5 Å². The molecule has 2 aromatic rings. The molecule has 2 heterocycles. The molecule has 29 heavy (non-hydrogen) atoms. The maximum atomic E-state index is 12.8. The zero-order chi connectivity index (χ0) is 21.0. The van der Waals surface area contributed by atoms with Crippen molar-refractivity contribution in [1.82, 2.24) is 10.2 Å². The van der Waals surface area contributed by atoms with Crippen molar-refractivity contribution in [3.63, 3.8) is 0 Å². The Morgan fingerprint density at radius 2 is 1.83 bits per heavy atom. The summed E-state index contributed by atoms with van der Waals surface area (Å²) in [4.78, 5) is 38.1. The van der Waals surface area contributed by atoms with Gasteiger partial charge in [0.2, 0.25) is 0 Å². The highest BCUT2D eigenvalue weighted by Crippen LogP contribution is 2.35. The fourth-order valence-corrected chi connectivity index (χ4v) is 2.96. The van der Waals surface area contributed by atoms with Crippen LogP contribution in [0.3, 0.4) is 0 Å². The molecule has 0 aliphatic carbocycles. The average molecular weight is 419 g/mol. The molecule has 1 aromatic carbocycles. The monoisotopic (exact) mass is 418 g/mol. The van der Waals surface area contributed by atoms with E-state index in [1.165, 1.54) is 12.3 Å². The van der Waals surface area contributed by atoms with Gasteiger partial charge >= 0.3 is 6.03 Å².